The minimum atomic E-state index is -3.47. The smallest absolute Gasteiger partial charge is 0.255 e. The second-order valence-corrected chi connectivity index (χ2v) is 9.27. The van der Waals surface area contributed by atoms with Crippen molar-refractivity contribution in [2.24, 2.45) is 0 Å². The molecule has 0 spiro atoms. The summed E-state index contributed by atoms with van der Waals surface area (Å²) in [5.41, 5.74) is 2.48. The summed E-state index contributed by atoms with van der Waals surface area (Å²) < 4.78 is 25.2. The highest BCUT2D eigenvalue weighted by molar-refractivity contribution is 7.91. The van der Waals surface area contributed by atoms with Gasteiger partial charge in [-0.05, 0) is 50.7 Å². The number of rotatable bonds is 9. The van der Waals surface area contributed by atoms with Crippen LogP contribution in [-0.4, -0.2) is 50.5 Å². The lowest BCUT2D eigenvalue weighted by atomic mass is 10.1. The number of sulfone groups is 1. The predicted molar refractivity (Wildman–Crippen MR) is 113 cm³/mol. The average molecular weight is 403 g/mol. The van der Waals surface area contributed by atoms with E-state index in [1.165, 1.54) is 11.6 Å². The molecule has 0 aliphatic carbocycles. The van der Waals surface area contributed by atoms with E-state index in [1.807, 2.05) is 40.1 Å². The fraction of sp³-hybridized carbons (Fsp3) is 0.409. The summed E-state index contributed by atoms with van der Waals surface area (Å²) in [5, 5.41) is 0. The third-order valence-electron chi connectivity index (χ3n) is 4.49. The van der Waals surface area contributed by atoms with E-state index in [0.717, 1.165) is 12.1 Å². The molecule has 0 saturated heterocycles. The van der Waals surface area contributed by atoms with Gasteiger partial charge < -0.3 is 9.80 Å². The maximum atomic E-state index is 13.1. The Labute approximate surface area is 168 Å². The van der Waals surface area contributed by atoms with E-state index < -0.39 is 9.84 Å². The van der Waals surface area contributed by atoms with Gasteiger partial charge in [-0.15, -0.1) is 0 Å². The first kappa shape index (κ1) is 22.1. The summed E-state index contributed by atoms with van der Waals surface area (Å²) in [6.45, 7) is 5.53. The van der Waals surface area contributed by atoms with E-state index in [1.54, 1.807) is 23.1 Å². The molecule has 0 bridgehead atoms. The molecule has 152 valence electrons. The maximum absolute atomic E-state index is 13.1. The second kappa shape index (κ2) is 9.85. The van der Waals surface area contributed by atoms with Gasteiger partial charge in [-0.2, -0.15) is 0 Å². The Morgan fingerprint density at radius 2 is 1.46 bits per heavy atom. The highest BCUT2D eigenvalue weighted by atomic mass is 32.2. The molecule has 2 rings (SSSR count). The highest BCUT2D eigenvalue weighted by Crippen LogP contribution is 2.21. The number of hydrogen-bond donors (Lipinski definition) is 0. The second-order valence-electron chi connectivity index (χ2n) is 7.19. The van der Waals surface area contributed by atoms with E-state index in [2.05, 4.69) is 17.0 Å². The monoisotopic (exact) mass is 402 g/mol. The van der Waals surface area contributed by atoms with Crippen molar-refractivity contribution in [3.05, 3.63) is 65.2 Å². The zero-order valence-electron chi connectivity index (χ0n) is 17.2. The van der Waals surface area contributed by atoms with Gasteiger partial charge in [0.15, 0.2) is 9.84 Å². The lowest BCUT2D eigenvalue weighted by molar-refractivity contribution is 0.0748. The Kier molecular flexibility index (Phi) is 7.78. The van der Waals surface area contributed by atoms with Crippen LogP contribution in [0.2, 0.25) is 0 Å². The topological polar surface area (TPSA) is 57.7 Å². The Balaban J connectivity index is 2.25. The van der Waals surface area contributed by atoms with Crippen molar-refractivity contribution in [2.45, 2.75) is 38.3 Å². The van der Waals surface area contributed by atoms with Crippen LogP contribution in [0.15, 0.2) is 53.4 Å². The van der Waals surface area contributed by atoms with Gasteiger partial charge in [-0.25, -0.2) is 8.42 Å². The molecule has 0 aliphatic rings. The van der Waals surface area contributed by atoms with Crippen LogP contribution >= 0.6 is 0 Å². The minimum absolute atomic E-state index is 0.0384. The Morgan fingerprint density at radius 3 is 2.00 bits per heavy atom. The van der Waals surface area contributed by atoms with E-state index in [-0.39, 0.29) is 22.1 Å². The lowest BCUT2D eigenvalue weighted by Gasteiger charge is -2.22. The lowest BCUT2D eigenvalue weighted by Crippen LogP contribution is -2.31. The molecule has 0 aliphatic heterocycles. The summed E-state index contributed by atoms with van der Waals surface area (Å²) in [5.74, 6) is -0.216. The van der Waals surface area contributed by atoms with E-state index >= 15 is 0 Å². The van der Waals surface area contributed by atoms with Crippen LogP contribution in [0.1, 0.15) is 41.8 Å². The summed E-state index contributed by atoms with van der Waals surface area (Å²) in [4.78, 5) is 17.0. The van der Waals surface area contributed by atoms with Crippen LogP contribution in [-0.2, 0) is 22.9 Å². The van der Waals surface area contributed by atoms with Gasteiger partial charge in [-0.1, -0.05) is 43.3 Å². The van der Waals surface area contributed by atoms with Crippen molar-refractivity contribution < 1.29 is 13.2 Å². The third-order valence-corrected chi connectivity index (χ3v) is 6.46. The highest BCUT2D eigenvalue weighted by Gasteiger charge is 2.24. The van der Waals surface area contributed by atoms with Crippen molar-refractivity contribution in [1.82, 2.24) is 9.80 Å². The van der Waals surface area contributed by atoms with Gasteiger partial charge in [-0.3, -0.25) is 4.79 Å². The molecule has 5 nitrogen and oxygen atoms in total. The summed E-state index contributed by atoms with van der Waals surface area (Å²) in [6.07, 6.45) is 0.516. The molecule has 1 amide bonds. The Hall–Kier alpha value is -2.18. The minimum Gasteiger partial charge on any atom is -0.335 e. The predicted octanol–water partition coefficient (Wildman–Crippen LogP) is 3.59. The van der Waals surface area contributed by atoms with Gasteiger partial charge in [0.25, 0.3) is 5.91 Å². The van der Waals surface area contributed by atoms with Crippen LogP contribution in [0.5, 0.6) is 0 Å². The fourth-order valence-electron chi connectivity index (χ4n) is 3.13. The van der Waals surface area contributed by atoms with Crippen LogP contribution < -0.4 is 0 Å². The molecule has 0 fully saturated rings. The van der Waals surface area contributed by atoms with Crippen LogP contribution in [0.4, 0.5) is 0 Å². The molecule has 0 N–H and O–H groups in total. The first-order chi connectivity index (χ1) is 13.3. The van der Waals surface area contributed by atoms with Crippen LogP contribution in [0.25, 0.3) is 0 Å². The number of carbonyl (C=O) groups is 1. The van der Waals surface area contributed by atoms with Crippen LogP contribution in [0, 0.1) is 0 Å². The number of carbonyl (C=O) groups excluding carboxylic acids is 1. The van der Waals surface area contributed by atoms with Gasteiger partial charge in [0, 0.05) is 19.6 Å². The molecule has 6 heteroatoms. The van der Waals surface area contributed by atoms with Crippen molar-refractivity contribution >= 4 is 15.7 Å². The van der Waals surface area contributed by atoms with Crippen molar-refractivity contribution in [3.63, 3.8) is 0 Å². The molecule has 0 atom stereocenters. The molecule has 0 saturated carbocycles. The van der Waals surface area contributed by atoms with Gasteiger partial charge in [0.1, 0.15) is 0 Å². The van der Waals surface area contributed by atoms with Crippen molar-refractivity contribution in [1.29, 1.82) is 0 Å². The molecular weight excluding hydrogens is 372 g/mol. The standard InChI is InChI=1S/C22H30N2O3S/c1-5-15-28(26,27)21-10-8-7-9-20(21)22(25)24(6-2)17-19-13-11-18(12-14-19)16-23(3)4/h7-14H,5-6,15-17H2,1-4H3. The molecule has 28 heavy (non-hydrogen) atoms. The van der Waals surface area contributed by atoms with E-state index in [9.17, 15) is 13.2 Å². The Morgan fingerprint density at radius 1 is 0.893 bits per heavy atom. The molecule has 0 unspecified atom stereocenters. The SMILES string of the molecule is CCCS(=O)(=O)c1ccccc1C(=O)N(CC)Cc1ccc(CN(C)C)cc1. The largest absolute Gasteiger partial charge is 0.335 e. The van der Waals surface area contributed by atoms with Gasteiger partial charge in [0.05, 0.1) is 16.2 Å². The zero-order valence-corrected chi connectivity index (χ0v) is 18.0. The molecule has 0 aromatic heterocycles. The summed E-state index contributed by atoms with van der Waals surface area (Å²) in [7, 11) is 0.577. The fourth-order valence-corrected chi connectivity index (χ4v) is 4.66. The van der Waals surface area contributed by atoms with E-state index in [4.69, 9.17) is 0 Å². The normalized spacial score (nSPS) is 11.6. The maximum Gasteiger partial charge on any atom is 0.255 e. The molecule has 2 aromatic rings. The van der Waals surface area contributed by atoms with Crippen molar-refractivity contribution in [2.75, 3.05) is 26.4 Å². The summed E-state index contributed by atoms with van der Waals surface area (Å²) >= 11 is 0. The number of nitrogens with zero attached hydrogens (tertiary/aromatic N) is 2. The van der Waals surface area contributed by atoms with Gasteiger partial charge in [0.2, 0.25) is 0 Å². The van der Waals surface area contributed by atoms with Crippen LogP contribution in [0.3, 0.4) is 0 Å². The van der Waals surface area contributed by atoms with Crippen molar-refractivity contribution in [3.8, 4) is 0 Å². The quantitative estimate of drug-likeness (QED) is 0.643. The number of amides is 1. The molecule has 2 aromatic carbocycles. The van der Waals surface area contributed by atoms with Gasteiger partial charge >= 0.3 is 0 Å². The molecule has 0 radical (unpaired) electrons. The number of benzene rings is 2. The first-order valence-corrected chi connectivity index (χ1v) is 11.3. The molecular formula is C22H30N2O3S. The average Bonchev–Trinajstić information content (AvgIpc) is 2.66. The Bertz CT molecular complexity index is 890. The third kappa shape index (κ3) is 5.66. The van der Waals surface area contributed by atoms with E-state index in [0.29, 0.717) is 19.5 Å². The first-order valence-electron chi connectivity index (χ1n) is 9.62. The molecule has 0 heterocycles. The number of hydrogen-bond acceptors (Lipinski definition) is 4. The summed E-state index contributed by atoms with van der Waals surface area (Å²) in [6, 6.07) is 14.7. The zero-order chi connectivity index (χ0) is 20.7.